The van der Waals surface area contributed by atoms with E-state index >= 15 is 0 Å². The van der Waals surface area contributed by atoms with Gasteiger partial charge in [0.05, 0.1) is 0 Å². The number of carbonyl (C=O) groups excluding carboxylic acids is 2. The van der Waals surface area contributed by atoms with Crippen LogP contribution in [0.15, 0.2) is 0 Å². The van der Waals surface area contributed by atoms with E-state index in [2.05, 4.69) is 0 Å². The third kappa shape index (κ3) is 5.83. The fourth-order valence-corrected chi connectivity index (χ4v) is 2.58. The lowest BCUT2D eigenvalue weighted by atomic mass is 10.0. The van der Waals surface area contributed by atoms with Gasteiger partial charge in [0.15, 0.2) is 0 Å². The third-order valence-electron chi connectivity index (χ3n) is 3.86. The molecule has 2 N–H and O–H groups in total. The molecule has 0 aromatic heterocycles. The Morgan fingerprint density at radius 2 is 1.86 bits per heavy atom. The van der Waals surface area contributed by atoms with Crippen LogP contribution in [-0.4, -0.2) is 59.1 Å². The van der Waals surface area contributed by atoms with E-state index in [0.29, 0.717) is 26.1 Å². The predicted octanol–water partition coefficient (Wildman–Crippen LogP) is 1.97. The second-order valence-electron chi connectivity index (χ2n) is 7.04. The van der Waals surface area contributed by atoms with Crippen LogP contribution in [0.4, 0.5) is 4.79 Å². The molecular formula is C16H31N3O3. The molecule has 1 aliphatic heterocycles. The van der Waals surface area contributed by atoms with Gasteiger partial charge in [0, 0.05) is 38.1 Å². The molecule has 128 valence electrons. The molecule has 0 spiro atoms. The largest absolute Gasteiger partial charge is 0.444 e. The smallest absolute Gasteiger partial charge is 0.410 e. The summed E-state index contributed by atoms with van der Waals surface area (Å²) in [5.41, 5.74) is 5.33. The Morgan fingerprint density at radius 1 is 1.32 bits per heavy atom. The highest BCUT2D eigenvalue weighted by Crippen LogP contribution is 2.15. The van der Waals surface area contributed by atoms with Crippen LogP contribution in [0, 0.1) is 0 Å². The molecule has 2 amide bonds. The Morgan fingerprint density at radius 3 is 2.32 bits per heavy atom. The van der Waals surface area contributed by atoms with Crippen molar-refractivity contribution >= 4 is 12.0 Å². The molecule has 6 nitrogen and oxygen atoms in total. The molecule has 0 radical (unpaired) electrons. The molecule has 1 rings (SSSR count). The van der Waals surface area contributed by atoms with E-state index in [1.807, 2.05) is 39.5 Å². The minimum atomic E-state index is -0.531. The summed E-state index contributed by atoms with van der Waals surface area (Å²) >= 11 is 0. The standard InChI is InChI=1S/C16H31N3O3/c1-6-19(15(21)22-16(3,4)5)12(2)11-14(20)18-9-7-13(17)8-10-18/h12-13H,6-11,17H2,1-5H3. The van der Waals surface area contributed by atoms with Gasteiger partial charge in [-0.2, -0.15) is 0 Å². The molecule has 1 unspecified atom stereocenters. The van der Waals surface area contributed by atoms with Crippen molar-refractivity contribution in [3.63, 3.8) is 0 Å². The molecule has 6 heteroatoms. The number of ether oxygens (including phenoxy) is 1. The summed E-state index contributed by atoms with van der Waals surface area (Å²) in [6.45, 7) is 11.2. The second kappa shape index (κ2) is 7.81. The molecule has 1 saturated heterocycles. The lowest BCUT2D eigenvalue weighted by Gasteiger charge is -2.34. The van der Waals surface area contributed by atoms with Crippen LogP contribution in [0.3, 0.4) is 0 Å². The van der Waals surface area contributed by atoms with Crippen molar-refractivity contribution in [2.75, 3.05) is 19.6 Å². The minimum Gasteiger partial charge on any atom is -0.444 e. The quantitative estimate of drug-likeness (QED) is 0.861. The molecule has 0 saturated carbocycles. The van der Waals surface area contributed by atoms with Crippen molar-refractivity contribution in [1.82, 2.24) is 9.80 Å². The second-order valence-corrected chi connectivity index (χ2v) is 7.04. The number of carbonyl (C=O) groups is 2. The van der Waals surface area contributed by atoms with E-state index in [-0.39, 0.29) is 24.1 Å². The van der Waals surface area contributed by atoms with Crippen molar-refractivity contribution in [1.29, 1.82) is 0 Å². The van der Waals surface area contributed by atoms with Crippen LogP contribution in [-0.2, 0) is 9.53 Å². The van der Waals surface area contributed by atoms with E-state index in [0.717, 1.165) is 12.8 Å². The first kappa shape index (κ1) is 18.7. The van der Waals surface area contributed by atoms with E-state index < -0.39 is 5.60 Å². The topological polar surface area (TPSA) is 75.9 Å². The van der Waals surface area contributed by atoms with Gasteiger partial charge in [-0.3, -0.25) is 4.79 Å². The predicted molar refractivity (Wildman–Crippen MR) is 86.5 cm³/mol. The summed E-state index contributed by atoms with van der Waals surface area (Å²) in [7, 11) is 0. The number of piperidine rings is 1. The summed E-state index contributed by atoms with van der Waals surface area (Å²) in [5, 5.41) is 0. The molecule has 1 atom stereocenters. The van der Waals surface area contributed by atoms with Gasteiger partial charge in [-0.15, -0.1) is 0 Å². The molecule has 1 heterocycles. The zero-order valence-corrected chi connectivity index (χ0v) is 14.6. The normalized spacial score (nSPS) is 18.0. The van der Waals surface area contributed by atoms with Gasteiger partial charge in [-0.1, -0.05) is 0 Å². The maximum atomic E-state index is 12.3. The maximum Gasteiger partial charge on any atom is 0.410 e. The van der Waals surface area contributed by atoms with Gasteiger partial charge in [0.2, 0.25) is 5.91 Å². The van der Waals surface area contributed by atoms with Gasteiger partial charge in [-0.25, -0.2) is 4.79 Å². The van der Waals surface area contributed by atoms with Crippen LogP contribution >= 0.6 is 0 Å². The van der Waals surface area contributed by atoms with Gasteiger partial charge < -0.3 is 20.3 Å². The van der Waals surface area contributed by atoms with E-state index in [4.69, 9.17) is 10.5 Å². The van der Waals surface area contributed by atoms with Crippen molar-refractivity contribution < 1.29 is 14.3 Å². The molecule has 1 fully saturated rings. The van der Waals surface area contributed by atoms with E-state index in [9.17, 15) is 9.59 Å². The first-order valence-electron chi connectivity index (χ1n) is 8.17. The Labute approximate surface area is 134 Å². The molecule has 0 aromatic rings. The lowest BCUT2D eigenvalue weighted by molar-refractivity contribution is -0.133. The van der Waals surface area contributed by atoms with Crippen molar-refractivity contribution in [3.8, 4) is 0 Å². The first-order chi connectivity index (χ1) is 10.1. The van der Waals surface area contributed by atoms with Gasteiger partial charge in [0.25, 0.3) is 0 Å². The number of rotatable bonds is 4. The van der Waals surface area contributed by atoms with Crippen LogP contribution in [0.25, 0.3) is 0 Å². The van der Waals surface area contributed by atoms with Crippen LogP contribution < -0.4 is 5.73 Å². The molecule has 0 bridgehead atoms. The van der Waals surface area contributed by atoms with Gasteiger partial charge in [-0.05, 0) is 47.5 Å². The number of nitrogens with zero attached hydrogens (tertiary/aromatic N) is 2. The fourth-order valence-electron chi connectivity index (χ4n) is 2.58. The summed E-state index contributed by atoms with van der Waals surface area (Å²) in [5.74, 6) is 0.0846. The highest BCUT2D eigenvalue weighted by atomic mass is 16.6. The number of hydrogen-bond acceptors (Lipinski definition) is 4. The Balaban J connectivity index is 2.55. The zero-order chi connectivity index (χ0) is 16.9. The molecule has 22 heavy (non-hydrogen) atoms. The average Bonchev–Trinajstić information content (AvgIpc) is 2.37. The molecular weight excluding hydrogens is 282 g/mol. The summed E-state index contributed by atoms with van der Waals surface area (Å²) < 4.78 is 5.40. The number of amides is 2. The lowest BCUT2D eigenvalue weighted by Crippen LogP contribution is -2.47. The van der Waals surface area contributed by atoms with Crippen molar-refractivity contribution in [3.05, 3.63) is 0 Å². The van der Waals surface area contributed by atoms with Crippen molar-refractivity contribution in [2.45, 2.75) is 71.6 Å². The van der Waals surface area contributed by atoms with Crippen LogP contribution in [0.1, 0.15) is 53.9 Å². The highest BCUT2D eigenvalue weighted by molar-refractivity contribution is 5.78. The molecule has 0 aliphatic carbocycles. The SMILES string of the molecule is CCN(C(=O)OC(C)(C)C)C(C)CC(=O)N1CCC(N)CC1. The first-order valence-corrected chi connectivity index (χ1v) is 8.17. The maximum absolute atomic E-state index is 12.3. The summed E-state index contributed by atoms with van der Waals surface area (Å²) in [6, 6.07) is 0.0262. The van der Waals surface area contributed by atoms with Crippen LogP contribution in [0.5, 0.6) is 0 Å². The molecule has 0 aromatic carbocycles. The third-order valence-corrected chi connectivity index (χ3v) is 3.86. The summed E-state index contributed by atoms with van der Waals surface area (Å²) in [6.07, 6.45) is 1.66. The Kier molecular flexibility index (Phi) is 6.66. The minimum absolute atomic E-state index is 0.0846. The average molecular weight is 313 g/mol. The number of likely N-dealkylation sites (tertiary alicyclic amines) is 1. The Bertz CT molecular complexity index is 385. The molecule has 1 aliphatic rings. The van der Waals surface area contributed by atoms with Gasteiger partial charge >= 0.3 is 6.09 Å². The highest BCUT2D eigenvalue weighted by Gasteiger charge is 2.28. The van der Waals surface area contributed by atoms with E-state index in [1.165, 1.54) is 0 Å². The zero-order valence-electron chi connectivity index (χ0n) is 14.6. The summed E-state index contributed by atoms with van der Waals surface area (Å²) in [4.78, 5) is 28.0. The van der Waals surface area contributed by atoms with Crippen molar-refractivity contribution in [2.24, 2.45) is 5.73 Å². The van der Waals surface area contributed by atoms with Gasteiger partial charge in [0.1, 0.15) is 5.60 Å². The number of nitrogens with two attached hydrogens (primary N) is 1. The fraction of sp³-hybridized carbons (Fsp3) is 0.875. The van der Waals surface area contributed by atoms with E-state index in [1.54, 1.807) is 4.90 Å². The monoisotopic (exact) mass is 313 g/mol. The Hall–Kier alpha value is -1.30. The van der Waals surface area contributed by atoms with Crippen LogP contribution in [0.2, 0.25) is 0 Å². The number of hydrogen-bond donors (Lipinski definition) is 1.